The Labute approximate surface area is 118 Å². The average molecular weight is 277 g/mol. The van der Waals surface area contributed by atoms with Gasteiger partial charge in [0.25, 0.3) is 0 Å². The van der Waals surface area contributed by atoms with Crippen LogP contribution in [-0.2, 0) is 6.54 Å². The van der Waals surface area contributed by atoms with Gasteiger partial charge in [-0.25, -0.2) is 4.39 Å². The second-order valence-corrected chi connectivity index (χ2v) is 4.92. The number of rotatable bonds is 4. The van der Waals surface area contributed by atoms with E-state index in [0.717, 1.165) is 37.0 Å². The van der Waals surface area contributed by atoms with E-state index < -0.39 is 6.17 Å². The van der Waals surface area contributed by atoms with Crippen LogP contribution < -0.4 is 11.5 Å². The predicted octanol–water partition coefficient (Wildman–Crippen LogP) is 1.23. The lowest BCUT2D eigenvalue weighted by molar-refractivity contribution is 0.133. The number of benzene rings is 1. The molecule has 1 heterocycles. The molecule has 1 saturated heterocycles. The number of nitrogens with two attached hydrogens (primary N) is 2. The first-order valence-electron chi connectivity index (χ1n) is 6.71. The monoisotopic (exact) mass is 277 g/mol. The van der Waals surface area contributed by atoms with Gasteiger partial charge in [-0.15, -0.1) is 10.2 Å². The highest BCUT2D eigenvalue weighted by Gasteiger charge is 2.18. The van der Waals surface area contributed by atoms with Gasteiger partial charge < -0.3 is 11.5 Å². The van der Waals surface area contributed by atoms with Crippen molar-refractivity contribution in [3.8, 4) is 0 Å². The molecule has 20 heavy (non-hydrogen) atoms. The molecule has 2 rings (SSSR count). The van der Waals surface area contributed by atoms with Crippen LogP contribution in [0.15, 0.2) is 34.5 Å². The van der Waals surface area contributed by atoms with E-state index in [1.165, 1.54) is 0 Å². The van der Waals surface area contributed by atoms with Crippen LogP contribution in [0, 0.1) is 0 Å². The number of hydrogen-bond donors (Lipinski definition) is 2. The zero-order valence-corrected chi connectivity index (χ0v) is 11.4. The lowest BCUT2D eigenvalue weighted by atomic mass is 10.1. The van der Waals surface area contributed by atoms with Crippen LogP contribution in [0.5, 0.6) is 0 Å². The number of likely N-dealkylation sites (tertiary alicyclic amines) is 1. The maximum absolute atomic E-state index is 13.3. The minimum atomic E-state index is -0.695. The van der Waals surface area contributed by atoms with Crippen LogP contribution >= 0.6 is 0 Å². The molecule has 4 N–H and O–H groups in total. The summed E-state index contributed by atoms with van der Waals surface area (Å²) in [6.07, 6.45) is 2.00. The van der Waals surface area contributed by atoms with E-state index >= 15 is 0 Å². The quantitative estimate of drug-likeness (QED) is 0.493. The topological polar surface area (TPSA) is 80.0 Å². The molecule has 0 aromatic heterocycles. The molecule has 1 aromatic rings. The molecule has 1 aromatic carbocycles. The Morgan fingerprint density at radius 3 is 2.80 bits per heavy atom. The van der Waals surface area contributed by atoms with E-state index in [-0.39, 0.29) is 0 Å². The van der Waals surface area contributed by atoms with Crippen molar-refractivity contribution in [1.82, 2.24) is 4.90 Å². The SMILES string of the molecule is N/C=N\N=C(/N)c1ccc(CN2CCCC(F)C2)cc1. The Kier molecular flexibility index (Phi) is 5.06. The van der Waals surface area contributed by atoms with Gasteiger partial charge in [-0.05, 0) is 24.9 Å². The van der Waals surface area contributed by atoms with Gasteiger partial charge in [-0.1, -0.05) is 24.3 Å². The first kappa shape index (κ1) is 14.5. The van der Waals surface area contributed by atoms with E-state index in [4.69, 9.17) is 11.5 Å². The highest BCUT2D eigenvalue weighted by Crippen LogP contribution is 2.16. The van der Waals surface area contributed by atoms with Crippen molar-refractivity contribution < 1.29 is 4.39 Å². The van der Waals surface area contributed by atoms with Gasteiger partial charge in [0.05, 0.1) is 0 Å². The van der Waals surface area contributed by atoms with Crippen LogP contribution in [0.25, 0.3) is 0 Å². The van der Waals surface area contributed by atoms with Crippen molar-refractivity contribution in [2.45, 2.75) is 25.6 Å². The fourth-order valence-electron chi connectivity index (χ4n) is 2.34. The van der Waals surface area contributed by atoms with Gasteiger partial charge >= 0.3 is 0 Å². The summed E-state index contributed by atoms with van der Waals surface area (Å²) >= 11 is 0. The molecule has 1 fully saturated rings. The Morgan fingerprint density at radius 2 is 2.15 bits per heavy atom. The van der Waals surface area contributed by atoms with E-state index in [1.54, 1.807) is 0 Å². The van der Waals surface area contributed by atoms with Crippen LogP contribution in [0.2, 0.25) is 0 Å². The van der Waals surface area contributed by atoms with Gasteiger partial charge in [0, 0.05) is 18.7 Å². The second kappa shape index (κ2) is 7.00. The zero-order valence-electron chi connectivity index (χ0n) is 11.4. The number of piperidine rings is 1. The molecular formula is C14H20FN5. The highest BCUT2D eigenvalue weighted by molar-refractivity contribution is 5.97. The second-order valence-electron chi connectivity index (χ2n) is 4.92. The van der Waals surface area contributed by atoms with Crippen LogP contribution in [0.4, 0.5) is 4.39 Å². The molecule has 1 aliphatic heterocycles. The largest absolute Gasteiger partial charge is 0.388 e. The lowest BCUT2D eigenvalue weighted by Gasteiger charge is -2.28. The van der Waals surface area contributed by atoms with Gasteiger partial charge in [0.2, 0.25) is 0 Å². The molecule has 1 unspecified atom stereocenters. The average Bonchev–Trinajstić information content (AvgIpc) is 2.45. The van der Waals surface area contributed by atoms with Gasteiger partial charge in [0.15, 0.2) is 5.84 Å². The maximum Gasteiger partial charge on any atom is 0.153 e. The molecule has 1 atom stereocenters. The van der Waals surface area contributed by atoms with E-state index in [1.807, 2.05) is 24.3 Å². The van der Waals surface area contributed by atoms with Crippen LogP contribution in [0.3, 0.4) is 0 Å². The molecule has 0 saturated carbocycles. The molecule has 108 valence electrons. The van der Waals surface area contributed by atoms with Crippen molar-refractivity contribution in [1.29, 1.82) is 0 Å². The Bertz CT molecular complexity index is 483. The normalized spacial score (nSPS) is 21.4. The molecule has 1 aliphatic rings. The molecule has 0 aliphatic carbocycles. The summed E-state index contributed by atoms with van der Waals surface area (Å²) in [7, 11) is 0. The minimum absolute atomic E-state index is 0.319. The number of alkyl halides is 1. The number of hydrogen-bond acceptors (Lipinski definition) is 3. The Morgan fingerprint density at radius 1 is 1.40 bits per heavy atom. The number of nitrogens with zero attached hydrogens (tertiary/aromatic N) is 3. The van der Waals surface area contributed by atoms with Gasteiger partial charge in [0.1, 0.15) is 12.5 Å². The zero-order chi connectivity index (χ0) is 14.4. The summed E-state index contributed by atoms with van der Waals surface area (Å²) in [5.41, 5.74) is 12.8. The molecular weight excluding hydrogens is 257 g/mol. The van der Waals surface area contributed by atoms with Crippen LogP contribution in [-0.4, -0.2) is 36.3 Å². The fourth-order valence-corrected chi connectivity index (χ4v) is 2.34. The lowest BCUT2D eigenvalue weighted by Crippen LogP contribution is -2.35. The summed E-state index contributed by atoms with van der Waals surface area (Å²) < 4.78 is 13.3. The minimum Gasteiger partial charge on any atom is -0.388 e. The summed E-state index contributed by atoms with van der Waals surface area (Å²) in [6.45, 7) is 2.24. The third kappa shape index (κ3) is 4.03. The van der Waals surface area contributed by atoms with Crippen molar-refractivity contribution in [3.63, 3.8) is 0 Å². The predicted molar refractivity (Wildman–Crippen MR) is 79.3 cm³/mol. The third-order valence-corrected chi connectivity index (χ3v) is 3.34. The Balaban J connectivity index is 1.97. The molecule has 6 heteroatoms. The van der Waals surface area contributed by atoms with Gasteiger partial charge in [-0.3, -0.25) is 4.90 Å². The van der Waals surface area contributed by atoms with Crippen molar-refractivity contribution in [3.05, 3.63) is 35.4 Å². The van der Waals surface area contributed by atoms with Crippen LogP contribution in [0.1, 0.15) is 24.0 Å². The van der Waals surface area contributed by atoms with E-state index in [2.05, 4.69) is 15.1 Å². The van der Waals surface area contributed by atoms with Crippen molar-refractivity contribution in [2.75, 3.05) is 13.1 Å². The molecule has 0 amide bonds. The smallest absolute Gasteiger partial charge is 0.153 e. The summed E-state index contributed by atoms with van der Waals surface area (Å²) in [5.74, 6) is 0.319. The maximum atomic E-state index is 13.3. The Hall–Kier alpha value is -1.95. The molecule has 0 radical (unpaired) electrons. The molecule has 0 spiro atoms. The fraction of sp³-hybridized carbons (Fsp3) is 0.429. The van der Waals surface area contributed by atoms with Gasteiger partial charge in [-0.2, -0.15) is 0 Å². The third-order valence-electron chi connectivity index (χ3n) is 3.34. The van der Waals surface area contributed by atoms with Crippen molar-refractivity contribution >= 4 is 12.2 Å². The summed E-state index contributed by atoms with van der Waals surface area (Å²) in [6, 6.07) is 7.73. The standard InChI is InChI=1S/C14H20FN5/c15-13-2-1-7-20(9-13)8-11-3-5-12(6-4-11)14(17)19-18-10-16/h3-6,10,13H,1-2,7-9H2,(H2,16,18)(H2,17,19). The highest BCUT2D eigenvalue weighted by atomic mass is 19.1. The summed E-state index contributed by atoms with van der Waals surface area (Å²) in [5, 5.41) is 7.29. The number of halogens is 1. The first-order valence-corrected chi connectivity index (χ1v) is 6.71. The molecule has 5 nitrogen and oxygen atoms in total. The first-order chi connectivity index (χ1) is 9.69. The van der Waals surface area contributed by atoms with Crippen molar-refractivity contribution in [2.24, 2.45) is 21.7 Å². The van der Waals surface area contributed by atoms with E-state index in [9.17, 15) is 4.39 Å². The summed E-state index contributed by atoms with van der Waals surface area (Å²) in [4.78, 5) is 2.14. The van der Waals surface area contributed by atoms with E-state index in [0.29, 0.717) is 18.8 Å². The molecule has 0 bridgehead atoms. The number of amidine groups is 1.